The van der Waals surface area contributed by atoms with Crippen molar-refractivity contribution in [3.8, 4) is 0 Å². The summed E-state index contributed by atoms with van der Waals surface area (Å²) in [6.45, 7) is 3.89. The second kappa shape index (κ2) is 4.94. The molecule has 0 heterocycles. The number of rotatable bonds is 2. The fourth-order valence-corrected chi connectivity index (χ4v) is 2.19. The van der Waals surface area contributed by atoms with Gasteiger partial charge in [-0.25, -0.2) is 0 Å². The molecule has 0 saturated heterocycles. The Morgan fingerprint density at radius 3 is 2.26 bits per heavy atom. The number of halogens is 1. The molecule has 98 valence electrons. The van der Waals surface area contributed by atoms with Crippen LogP contribution in [0.3, 0.4) is 0 Å². The number of nitrogens with two attached hydrogens (primary N) is 2. The topological polar surface area (TPSA) is 69.1 Å². The molecule has 19 heavy (non-hydrogen) atoms. The Morgan fingerprint density at radius 2 is 1.63 bits per heavy atom. The summed E-state index contributed by atoms with van der Waals surface area (Å²) in [5, 5.41) is 0.435. The van der Waals surface area contributed by atoms with Crippen LogP contribution in [0.15, 0.2) is 30.3 Å². The minimum absolute atomic E-state index is 0.189. The smallest absolute Gasteiger partial charge is 0.196 e. The molecule has 0 saturated carbocycles. The van der Waals surface area contributed by atoms with Crippen molar-refractivity contribution in [2.75, 3.05) is 11.5 Å². The maximum atomic E-state index is 12.5. The van der Waals surface area contributed by atoms with Crippen molar-refractivity contribution >= 4 is 28.8 Å². The number of nitrogen functional groups attached to an aromatic ring is 2. The summed E-state index contributed by atoms with van der Waals surface area (Å²) in [7, 11) is 0. The summed E-state index contributed by atoms with van der Waals surface area (Å²) in [4.78, 5) is 12.5. The molecule has 3 nitrogen and oxygen atoms in total. The zero-order valence-corrected chi connectivity index (χ0v) is 11.6. The van der Waals surface area contributed by atoms with Crippen LogP contribution in [-0.4, -0.2) is 5.78 Å². The summed E-state index contributed by atoms with van der Waals surface area (Å²) in [5.74, 6) is -0.189. The molecule has 0 radical (unpaired) electrons. The Hall–Kier alpha value is -2.00. The molecule has 0 fully saturated rings. The summed E-state index contributed by atoms with van der Waals surface area (Å²) in [5.41, 5.74) is 15.3. The average Bonchev–Trinajstić information content (AvgIpc) is 2.33. The van der Waals surface area contributed by atoms with Gasteiger partial charge in [-0.05, 0) is 55.3 Å². The molecule has 2 aromatic carbocycles. The fourth-order valence-electron chi connectivity index (χ4n) is 1.89. The predicted molar refractivity (Wildman–Crippen MR) is 79.6 cm³/mol. The van der Waals surface area contributed by atoms with Crippen LogP contribution in [0, 0.1) is 13.8 Å². The van der Waals surface area contributed by atoms with Gasteiger partial charge in [-0.15, -0.1) is 0 Å². The zero-order chi connectivity index (χ0) is 14.2. The van der Waals surface area contributed by atoms with E-state index in [9.17, 15) is 4.79 Å². The number of carbonyl (C=O) groups is 1. The van der Waals surface area contributed by atoms with E-state index in [4.69, 9.17) is 23.1 Å². The van der Waals surface area contributed by atoms with Gasteiger partial charge in [0.2, 0.25) is 0 Å². The highest BCUT2D eigenvalue weighted by molar-refractivity contribution is 6.35. The Balaban J connectivity index is 2.53. The van der Waals surface area contributed by atoms with E-state index in [1.165, 1.54) is 0 Å². The second-order valence-electron chi connectivity index (χ2n) is 4.59. The van der Waals surface area contributed by atoms with E-state index in [1.54, 1.807) is 30.3 Å². The van der Waals surface area contributed by atoms with Gasteiger partial charge in [-0.3, -0.25) is 4.79 Å². The van der Waals surface area contributed by atoms with Gasteiger partial charge in [-0.2, -0.15) is 0 Å². The van der Waals surface area contributed by atoms with Crippen molar-refractivity contribution in [3.05, 3.63) is 57.6 Å². The molecular weight excluding hydrogens is 260 g/mol. The Morgan fingerprint density at radius 1 is 1.00 bits per heavy atom. The maximum absolute atomic E-state index is 12.5. The molecule has 0 atom stereocenters. The number of carbonyl (C=O) groups excluding carboxylic acids is 1. The monoisotopic (exact) mass is 274 g/mol. The lowest BCUT2D eigenvalue weighted by atomic mass is 9.98. The molecular formula is C15H15ClN2O. The first-order valence-corrected chi connectivity index (χ1v) is 6.24. The third-order valence-electron chi connectivity index (χ3n) is 3.15. The van der Waals surface area contributed by atoms with Crippen molar-refractivity contribution < 1.29 is 4.79 Å². The van der Waals surface area contributed by atoms with E-state index in [0.29, 0.717) is 27.5 Å². The summed E-state index contributed by atoms with van der Waals surface area (Å²) in [6, 6.07) is 8.42. The highest BCUT2D eigenvalue weighted by Crippen LogP contribution is 2.26. The van der Waals surface area contributed by atoms with Gasteiger partial charge in [0.05, 0.1) is 5.02 Å². The molecule has 0 amide bonds. The van der Waals surface area contributed by atoms with E-state index in [2.05, 4.69) is 0 Å². The Labute approximate surface area is 117 Å². The molecule has 0 aliphatic carbocycles. The van der Waals surface area contributed by atoms with Crippen LogP contribution in [0.1, 0.15) is 27.0 Å². The molecule has 4 N–H and O–H groups in total. The molecule has 2 rings (SSSR count). The summed E-state index contributed by atoms with van der Waals surface area (Å²) >= 11 is 6.14. The third kappa shape index (κ3) is 2.56. The van der Waals surface area contributed by atoms with E-state index in [0.717, 1.165) is 11.1 Å². The van der Waals surface area contributed by atoms with Crippen molar-refractivity contribution in [2.24, 2.45) is 0 Å². The van der Waals surface area contributed by atoms with Gasteiger partial charge in [-0.1, -0.05) is 11.6 Å². The number of hydrogen-bond donors (Lipinski definition) is 2. The first-order chi connectivity index (χ1) is 8.90. The van der Waals surface area contributed by atoms with Gasteiger partial charge in [0.15, 0.2) is 5.78 Å². The number of aryl methyl sites for hydroxylation is 2. The average molecular weight is 275 g/mol. The fraction of sp³-hybridized carbons (Fsp3) is 0.133. The largest absolute Gasteiger partial charge is 0.399 e. The van der Waals surface area contributed by atoms with Crippen molar-refractivity contribution in [1.29, 1.82) is 0 Å². The maximum Gasteiger partial charge on any atom is 0.196 e. The molecule has 0 aromatic heterocycles. The van der Waals surface area contributed by atoms with Gasteiger partial charge in [0.1, 0.15) is 0 Å². The minimum Gasteiger partial charge on any atom is -0.399 e. The lowest BCUT2D eigenvalue weighted by molar-refractivity contribution is 0.103. The van der Waals surface area contributed by atoms with E-state index in [-0.39, 0.29) is 5.78 Å². The van der Waals surface area contributed by atoms with Crippen LogP contribution in [0.5, 0.6) is 0 Å². The van der Waals surface area contributed by atoms with Gasteiger partial charge in [0, 0.05) is 22.5 Å². The lowest BCUT2D eigenvalue weighted by Crippen LogP contribution is -2.07. The molecule has 0 spiro atoms. The van der Waals surface area contributed by atoms with Crippen LogP contribution in [0.4, 0.5) is 11.4 Å². The van der Waals surface area contributed by atoms with Gasteiger partial charge >= 0.3 is 0 Å². The first-order valence-electron chi connectivity index (χ1n) is 5.86. The summed E-state index contributed by atoms with van der Waals surface area (Å²) in [6.07, 6.45) is 0. The van der Waals surface area contributed by atoms with Gasteiger partial charge < -0.3 is 11.5 Å². The number of benzene rings is 2. The second-order valence-corrected chi connectivity index (χ2v) is 5.00. The van der Waals surface area contributed by atoms with Crippen LogP contribution in [0.2, 0.25) is 5.02 Å². The minimum atomic E-state index is -0.189. The number of anilines is 2. The number of ketones is 1. The van der Waals surface area contributed by atoms with Crippen molar-refractivity contribution in [1.82, 2.24) is 0 Å². The lowest BCUT2D eigenvalue weighted by Gasteiger charge is -2.10. The summed E-state index contributed by atoms with van der Waals surface area (Å²) < 4.78 is 0. The Bertz CT molecular complexity index is 665. The van der Waals surface area contributed by atoms with Crippen molar-refractivity contribution in [2.45, 2.75) is 13.8 Å². The molecule has 0 aliphatic rings. The highest BCUT2D eigenvalue weighted by Gasteiger charge is 2.16. The molecule has 0 aliphatic heterocycles. The SMILES string of the molecule is Cc1cc(Cl)c(C(=O)c2ccc(N)cc2N)cc1C. The van der Waals surface area contributed by atoms with E-state index < -0.39 is 0 Å². The number of hydrogen-bond acceptors (Lipinski definition) is 3. The van der Waals surface area contributed by atoms with E-state index >= 15 is 0 Å². The van der Waals surface area contributed by atoms with Crippen molar-refractivity contribution in [3.63, 3.8) is 0 Å². The van der Waals surface area contributed by atoms with Crippen LogP contribution < -0.4 is 11.5 Å². The first kappa shape index (κ1) is 13.4. The molecule has 4 heteroatoms. The quantitative estimate of drug-likeness (QED) is 0.652. The molecule has 0 bridgehead atoms. The highest BCUT2D eigenvalue weighted by atomic mass is 35.5. The predicted octanol–water partition coefficient (Wildman–Crippen LogP) is 3.35. The standard InChI is InChI=1S/C15H15ClN2O/c1-8-5-12(13(16)6-9(8)2)15(19)11-4-3-10(17)7-14(11)18/h3-7H,17-18H2,1-2H3. The van der Waals surface area contributed by atoms with E-state index in [1.807, 2.05) is 13.8 Å². The Kier molecular flexibility index (Phi) is 3.49. The third-order valence-corrected chi connectivity index (χ3v) is 3.46. The molecule has 0 unspecified atom stereocenters. The van der Waals surface area contributed by atoms with Gasteiger partial charge in [0.25, 0.3) is 0 Å². The van der Waals surface area contributed by atoms with Crippen LogP contribution in [-0.2, 0) is 0 Å². The zero-order valence-electron chi connectivity index (χ0n) is 10.8. The normalized spacial score (nSPS) is 10.5. The van der Waals surface area contributed by atoms with Crippen LogP contribution in [0.25, 0.3) is 0 Å². The molecule has 2 aromatic rings. The van der Waals surface area contributed by atoms with Crippen LogP contribution >= 0.6 is 11.6 Å².